The number of aliphatic imine (C=N–C) groups is 1. The Morgan fingerprint density at radius 1 is 1.19 bits per heavy atom. The van der Waals surface area contributed by atoms with Crippen molar-refractivity contribution in [2.75, 3.05) is 7.05 Å². The van der Waals surface area contributed by atoms with Crippen LogP contribution in [0.2, 0.25) is 0 Å². The maximum Gasteiger partial charge on any atom is 0.194 e. The van der Waals surface area contributed by atoms with E-state index in [4.69, 9.17) is 4.99 Å². The lowest BCUT2D eigenvalue weighted by atomic mass is 10.1. The minimum atomic E-state index is 0.524. The molecule has 0 atom stereocenters. The summed E-state index contributed by atoms with van der Waals surface area (Å²) in [5.41, 5.74) is 2.57. The fourth-order valence-electron chi connectivity index (χ4n) is 3.31. The average molecular weight is 355 g/mol. The molecule has 0 saturated heterocycles. The van der Waals surface area contributed by atoms with E-state index in [2.05, 4.69) is 58.7 Å². The molecule has 26 heavy (non-hydrogen) atoms. The van der Waals surface area contributed by atoms with Gasteiger partial charge in [-0.3, -0.25) is 0 Å². The molecule has 6 nitrogen and oxygen atoms in total. The Morgan fingerprint density at radius 3 is 2.50 bits per heavy atom. The Labute approximate surface area is 156 Å². The number of benzene rings is 1. The number of nitrogens with zero attached hydrogens (tertiary/aromatic N) is 5. The smallest absolute Gasteiger partial charge is 0.194 e. The fraction of sp³-hybridized carbons (Fsp3) is 0.550. The average Bonchev–Trinajstić information content (AvgIpc) is 3.25. The highest BCUT2D eigenvalue weighted by Gasteiger charge is 2.18. The molecule has 6 heteroatoms. The lowest BCUT2D eigenvalue weighted by Gasteiger charge is -2.25. The summed E-state index contributed by atoms with van der Waals surface area (Å²) in [6.07, 6.45) is 5.05. The minimum absolute atomic E-state index is 0.524. The molecule has 1 aromatic carbocycles. The van der Waals surface area contributed by atoms with E-state index in [0.29, 0.717) is 12.6 Å². The van der Waals surface area contributed by atoms with Crippen LogP contribution in [-0.2, 0) is 20.1 Å². The van der Waals surface area contributed by atoms with Crippen molar-refractivity contribution in [3.05, 3.63) is 47.0 Å². The molecule has 1 heterocycles. The highest BCUT2D eigenvalue weighted by atomic mass is 15.3. The zero-order valence-corrected chi connectivity index (χ0v) is 16.4. The number of guanidine groups is 1. The number of aromatic nitrogens is 3. The summed E-state index contributed by atoms with van der Waals surface area (Å²) < 4.78 is 2.00. The van der Waals surface area contributed by atoms with Gasteiger partial charge in [0.15, 0.2) is 11.8 Å². The van der Waals surface area contributed by atoms with Gasteiger partial charge in [0.25, 0.3) is 0 Å². The molecule has 0 bridgehead atoms. The van der Waals surface area contributed by atoms with Gasteiger partial charge in [-0.15, -0.1) is 10.2 Å². The standard InChI is InChI=1S/C20H30N6/c1-15-9-11-17(12-10-15)14-25(3)20(22-18-7-5-6-8-18)21-13-19-24-23-16(2)26(19)4/h9-12,18H,5-8,13-14H2,1-4H3,(H,21,22). The van der Waals surface area contributed by atoms with Crippen molar-refractivity contribution in [3.63, 3.8) is 0 Å². The molecule has 1 saturated carbocycles. The molecule has 3 rings (SSSR count). The molecule has 0 radical (unpaired) electrons. The highest BCUT2D eigenvalue weighted by Crippen LogP contribution is 2.18. The molecule has 1 N–H and O–H groups in total. The van der Waals surface area contributed by atoms with Gasteiger partial charge in [-0.1, -0.05) is 42.7 Å². The van der Waals surface area contributed by atoms with Crippen LogP contribution >= 0.6 is 0 Å². The summed E-state index contributed by atoms with van der Waals surface area (Å²) in [6.45, 7) is 5.44. The number of hydrogen-bond acceptors (Lipinski definition) is 3. The van der Waals surface area contributed by atoms with E-state index in [1.165, 1.54) is 36.8 Å². The van der Waals surface area contributed by atoms with Gasteiger partial charge in [-0.25, -0.2) is 4.99 Å². The summed E-state index contributed by atoms with van der Waals surface area (Å²) in [7, 11) is 4.09. The maximum absolute atomic E-state index is 4.85. The van der Waals surface area contributed by atoms with Crippen LogP contribution in [-0.4, -0.2) is 38.7 Å². The third-order valence-electron chi connectivity index (χ3n) is 5.14. The van der Waals surface area contributed by atoms with E-state index in [9.17, 15) is 0 Å². The Kier molecular flexibility index (Phi) is 5.91. The van der Waals surface area contributed by atoms with Crippen molar-refractivity contribution in [1.29, 1.82) is 0 Å². The molecule has 2 aromatic rings. The van der Waals surface area contributed by atoms with Gasteiger partial charge >= 0.3 is 0 Å². The molecule has 0 unspecified atom stereocenters. The number of hydrogen-bond donors (Lipinski definition) is 1. The molecular weight excluding hydrogens is 324 g/mol. The van der Waals surface area contributed by atoms with Crippen molar-refractivity contribution >= 4 is 5.96 Å². The predicted molar refractivity (Wildman–Crippen MR) is 105 cm³/mol. The van der Waals surface area contributed by atoms with Crippen molar-refractivity contribution in [3.8, 4) is 0 Å². The zero-order valence-electron chi connectivity index (χ0n) is 16.4. The summed E-state index contributed by atoms with van der Waals surface area (Å²) >= 11 is 0. The Hall–Kier alpha value is -2.37. The summed E-state index contributed by atoms with van der Waals surface area (Å²) in [5.74, 6) is 2.74. The number of aryl methyl sites for hydroxylation is 2. The van der Waals surface area contributed by atoms with Crippen molar-refractivity contribution < 1.29 is 0 Å². The van der Waals surface area contributed by atoms with Gasteiger partial charge in [0, 0.05) is 26.7 Å². The summed E-state index contributed by atoms with van der Waals surface area (Å²) in [6, 6.07) is 9.21. The third kappa shape index (κ3) is 4.62. The van der Waals surface area contributed by atoms with Crippen LogP contribution in [0.3, 0.4) is 0 Å². The van der Waals surface area contributed by atoms with E-state index in [1.54, 1.807) is 0 Å². The third-order valence-corrected chi connectivity index (χ3v) is 5.14. The normalized spacial score (nSPS) is 15.5. The first-order valence-corrected chi connectivity index (χ1v) is 9.45. The lowest BCUT2D eigenvalue weighted by molar-refractivity contribution is 0.456. The molecule has 1 aliphatic rings. The molecule has 1 aliphatic carbocycles. The predicted octanol–water partition coefficient (Wildman–Crippen LogP) is 2.95. The van der Waals surface area contributed by atoms with Crippen LogP contribution in [0.1, 0.15) is 48.5 Å². The van der Waals surface area contributed by atoms with E-state index in [1.807, 2.05) is 18.5 Å². The van der Waals surface area contributed by atoms with Gasteiger partial charge in [-0.2, -0.15) is 0 Å². The summed E-state index contributed by atoms with van der Waals surface area (Å²) in [5, 5.41) is 12.0. The molecule has 1 aromatic heterocycles. The molecule has 0 amide bonds. The Bertz CT molecular complexity index is 740. The first-order chi connectivity index (χ1) is 12.5. The second kappa shape index (κ2) is 8.34. The van der Waals surface area contributed by atoms with E-state index < -0.39 is 0 Å². The Balaban J connectivity index is 1.73. The first-order valence-electron chi connectivity index (χ1n) is 9.45. The van der Waals surface area contributed by atoms with Crippen LogP contribution in [0, 0.1) is 13.8 Å². The molecule has 140 valence electrons. The molecule has 0 spiro atoms. The largest absolute Gasteiger partial charge is 0.353 e. The summed E-state index contributed by atoms with van der Waals surface area (Å²) in [4.78, 5) is 7.05. The highest BCUT2D eigenvalue weighted by molar-refractivity contribution is 5.80. The molecule has 0 aliphatic heterocycles. The van der Waals surface area contributed by atoms with Crippen molar-refractivity contribution in [2.24, 2.45) is 12.0 Å². The second-order valence-corrected chi connectivity index (χ2v) is 7.33. The van der Waals surface area contributed by atoms with E-state index in [-0.39, 0.29) is 0 Å². The minimum Gasteiger partial charge on any atom is -0.353 e. The lowest BCUT2D eigenvalue weighted by Crippen LogP contribution is -2.43. The van der Waals surface area contributed by atoms with Gasteiger partial charge in [-0.05, 0) is 32.3 Å². The van der Waals surface area contributed by atoms with Crippen molar-refractivity contribution in [2.45, 2.75) is 58.7 Å². The molecule has 1 fully saturated rings. The van der Waals surface area contributed by atoms with E-state index >= 15 is 0 Å². The van der Waals surface area contributed by atoms with Gasteiger partial charge in [0.1, 0.15) is 12.4 Å². The van der Waals surface area contributed by atoms with Crippen LogP contribution < -0.4 is 5.32 Å². The quantitative estimate of drug-likeness (QED) is 0.662. The second-order valence-electron chi connectivity index (χ2n) is 7.33. The number of nitrogens with one attached hydrogen (secondary N) is 1. The Morgan fingerprint density at radius 2 is 1.88 bits per heavy atom. The number of rotatable bonds is 5. The van der Waals surface area contributed by atoms with Gasteiger partial charge in [0.2, 0.25) is 0 Å². The van der Waals surface area contributed by atoms with Gasteiger partial charge < -0.3 is 14.8 Å². The topological polar surface area (TPSA) is 58.3 Å². The fourth-order valence-corrected chi connectivity index (χ4v) is 3.31. The van der Waals surface area contributed by atoms with Gasteiger partial charge in [0.05, 0.1) is 0 Å². The van der Waals surface area contributed by atoms with E-state index in [0.717, 1.165) is 24.2 Å². The first kappa shape index (κ1) is 18.4. The van der Waals surface area contributed by atoms with Crippen LogP contribution in [0.15, 0.2) is 29.3 Å². The zero-order chi connectivity index (χ0) is 18.5. The SMILES string of the molecule is Cc1ccc(CN(C)C(=NCc2nnc(C)n2C)NC2CCCC2)cc1. The van der Waals surface area contributed by atoms with Crippen LogP contribution in [0.25, 0.3) is 0 Å². The maximum atomic E-state index is 4.85. The van der Waals surface area contributed by atoms with Crippen molar-refractivity contribution in [1.82, 2.24) is 25.0 Å². The van der Waals surface area contributed by atoms with Crippen LogP contribution in [0.4, 0.5) is 0 Å². The molecular formula is C20H30N6. The van der Waals surface area contributed by atoms with Crippen LogP contribution in [0.5, 0.6) is 0 Å². The monoisotopic (exact) mass is 354 g/mol.